The average Bonchev–Trinajstić information content (AvgIpc) is 2.40. The Kier molecular flexibility index (Phi) is 5.96. The van der Waals surface area contributed by atoms with E-state index >= 15 is 0 Å². The molecule has 0 amide bonds. The molecule has 0 aliphatic carbocycles. The van der Waals surface area contributed by atoms with Crippen LogP contribution in [0.15, 0.2) is 29.2 Å². The Morgan fingerprint density at radius 1 is 1.29 bits per heavy atom. The third-order valence-electron chi connectivity index (χ3n) is 3.66. The van der Waals surface area contributed by atoms with Gasteiger partial charge in [0.15, 0.2) is 0 Å². The van der Waals surface area contributed by atoms with Crippen molar-refractivity contribution in [2.24, 2.45) is 5.92 Å². The monoisotopic (exact) mass is 318 g/mol. The summed E-state index contributed by atoms with van der Waals surface area (Å²) >= 11 is -0.0594. The Bertz CT molecular complexity index is 432. The van der Waals surface area contributed by atoms with E-state index in [1.165, 1.54) is 12.8 Å². The summed E-state index contributed by atoms with van der Waals surface area (Å²) < 4.78 is 36.8. The standard InChI is InChI=1S/C15H21F3N2S/c1-19-9-13-3-2-8-20(11-13)10-12-4-6-14(7-5-12)21-15(16,17)18/h4-7,13,19H,2-3,8-11H2,1H3. The molecule has 0 aromatic heterocycles. The molecule has 21 heavy (non-hydrogen) atoms. The fraction of sp³-hybridized carbons (Fsp3) is 0.600. The van der Waals surface area contributed by atoms with Crippen molar-refractivity contribution in [1.29, 1.82) is 0 Å². The van der Waals surface area contributed by atoms with Crippen LogP contribution in [-0.2, 0) is 6.54 Å². The number of hydrogen-bond donors (Lipinski definition) is 1. The summed E-state index contributed by atoms with van der Waals surface area (Å²) in [6, 6.07) is 6.72. The number of halogens is 3. The summed E-state index contributed by atoms with van der Waals surface area (Å²) in [6.07, 6.45) is 2.44. The van der Waals surface area contributed by atoms with Crippen LogP contribution in [0.3, 0.4) is 0 Å². The van der Waals surface area contributed by atoms with Crippen LogP contribution in [0, 0.1) is 5.92 Å². The fourth-order valence-electron chi connectivity index (χ4n) is 2.80. The second-order valence-corrected chi connectivity index (χ2v) is 6.63. The molecule has 1 fully saturated rings. The molecule has 2 nitrogen and oxygen atoms in total. The molecule has 118 valence electrons. The zero-order valence-electron chi connectivity index (χ0n) is 12.1. The normalized spacial score (nSPS) is 20.7. The smallest absolute Gasteiger partial charge is 0.319 e. The minimum atomic E-state index is -4.21. The maximum absolute atomic E-state index is 12.3. The summed E-state index contributed by atoms with van der Waals surface area (Å²) in [6.45, 7) is 3.97. The van der Waals surface area contributed by atoms with Crippen molar-refractivity contribution < 1.29 is 13.2 Å². The highest BCUT2D eigenvalue weighted by atomic mass is 32.2. The van der Waals surface area contributed by atoms with Crippen molar-refractivity contribution in [3.05, 3.63) is 29.8 Å². The Morgan fingerprint density at radius 3 is 2.62 bits per heavy atom. The second-order valence-electron chi connectivity index (χ2n) is 5.49. The molecule has 1 aliphatic heterocycles. The molecule has 2 rings (SSSR count). The highest BCUT2D eigenvalue weighted by Gasteiger charge is 2.29. The molecule has 1 heterocycles. The first-order valence-corrected chi connectivity index (χ1v) is 7.99. The van der Waals surface area contributed by atoms with Crippen molar-refractivity contribution in [3.63, 3.8) is 0 Å². The van der Waals surface area contributed by atoms with Crippen LogP contribution >= 0.6 is 11.8 Å². The largest absolute Gasteiger partial charge is 0.446 e. The van der Waals surface area contributed by atoms with Crippen LogP contribution in [-0.4, -0.2) is 37.1 Å². The molecular weight excluding hydrogens is 297 g/mol. The third-order valence-corrected chi connectivity index (χ3v) is 4.40. The molecule has 1 N–H and O–H groups in total. The van der Waals surface area contributed by atoms with Crippen LogP contribution in [0.5, 0.6) is 0 Å². The molecule has 6 heteroatoms. The van der Waals surface area contributed by atoms with Gasteiger partial charge in [-0.2, -0.15) is 13.2 Å². The summed E-state index contributed by atoms with van der Waals surface area (Å²) in [7, 11) is 1.97. The molecule has 1 atom stereocenters. The van der Waals surface area contributed by atoms with E-state index < -0.39 is 5.51 Å². The number of rotatable bonds is 5. The first kappa shape index (κ1) is 16.6. The lowest BCUT2D eigenvalue weighted by molar-refractivity contribution is -0.0328. The van der Waals surface area contributed by atoms with Gasteiger partial charge in [0.1, 0.15) is 0 Å². The maximum atomic E-state index is 12.3. The number of hydrogen-bond acceptors (Lipinski definition) is 3. The topological polar surface area (TPSA) is 15.3 Å². The van der Waals surface area contributed by atoms with E-state index in [4.69, 9.17) is 0 Å². The van der Waals surface area contributed by atoms with Crippen LogP contribution in [0.4, 0.5) is 13.2 Å². The minimum absolute atomic E-state index is 0.0594. The molecule has 1 aromatic rings. The van der Waals surface area contributed by atoms with Crippen molar-refractivity contribution in [2.45, 2.75) is 29.8 Å². The molecular formula is C15H21F3N2S. The minimum Gasteiger partial charge on any atom is -0.319 e. The van der Waals surface area contributed by atoms with E-state index in [0.29, 0.717) is 5.92 Å². The number of benzene rings is 1. The first-order chi connectivity index (χ1) is 9.96. The number of piperidine rings is 1. The van der Waals surface area contributed by atoms with E-state index in [1.807, 2.05) is 7.05 Å². The SMILES string of the molecule is CNCC1CCCN(Cc2ccc(SC(F)(F)F)cc2)C1. The number of thioether (sulfide) groups is 1. The molecule has 0 radical (unpaired) electrons. The van der Waals surface area contributed by atoms with Crippen LogP contribution in [0.1, 0.15) is 18.4 Å². The van der Waals surface area contributed by atoms with Gasteiger partial charge in [-0.1, -0.05) is 12.1 Å². The van der Waals surface area contributed by atoms with Crippen molar-refractivity contribution in [3.8, 4) is 0 Å². The number of nitrogens with one attached hydrogen (secondary N) is 1. The summed E-state index contributed by atoms with van der Waals surface area (Å²) in [5, 5.41) is 3.22. The Hall–Kier alpha value is -0.720. The predicted octanol–water partition coefficient (Wildman–Crippen LogP) is 3.73. The van der Waals surface area contributed by atoms with Gasteiger partial charge in [-0.3, -0.25) is 4.90 Å². The van der Waals surface area contributed by atoms with Gasteiger partial charge in [0.2, 0.25) is 0 Å². The van der Waals surface area contributed by atoms with Crippen molar-refractivity contribution in [2.75, 3.05) is 26.7 Å². The molecule has 0 bridgehead atoms. The van der Waals surface area contributed by atoms with Gasteiger partial charge in [-0.05, 0) is 68.4 Å². The molecule has 0 spiro atoms. The summed E-state index contributed by atoms with van der Waals surface area (Å²) in [5.74, 6) is 0.670. The summed E-state index contributed by atoms with van der Waals surface area (Å²) in [5.41, 5.74) is -3.14. The highest BCUT2D eigenvalue weighted by molar-refractivity contribution is 8.00. The molecule has 1 saturated heterocycles. The Labute approximate surface area is 128 Å². The van der Waals surface area contributed by atoms with Gasteiger partial charge < -0.3 is 5.32 Å². The lowest BCUT2D eigenvalue weighted by Gasteiger charge is -2.32. The first-order valence-electron chi connectivity index (χ1n) is 7.18. The molecule has 1 unspecified atom stereocenters. The predicted molar refractivity (Wildman–Crippen MR) is 80.3 cm³/mol. The maximum Gasteiger partial charge on any atom is 0.446 e. The summed E-state index contributed by atoms with van der Waals surface area (Å²) in [4.78, 5) is 2.63. The van der Waals surface area contributed by atoms with E-state index in [2.05, 4.69) is 10.2 Å². The molecule has 1 aromatic carbocycles. The highest BCUT2D eigenvalue weighted by Crippen LogP contribution is 2.36. The van der Waals surface area contributed by atoms with Gasteiger partial charge in [-0.15, -0.1) is 0 Å². The van der Waals surface area contributed by atoms with Gasteiger partial charge in [0.05, 0.1) is 0 Å². The quantitative estimate of drug-likeness (QED) is 0.833. The van der Waals surface area contributed by atoms with Gasteiger partial charge >= 0.3 is 5.51 Å². The number of nitrogens with zero attached hydrogens (tertiary/aromatic N) is 1. The zero-order valence-corrected chi connectivity index (χ0v) is 12.9. The van der Waals surface area contributed by atoms with E-state index in [0.717, 1.165) is 31.7 Å². The number of alkyl halides is 3. The Balaban J connectivity index is 1.88. The second kappa shape index (κ2) is 7.51. The number of likely N-dealkylation sites (tertiary alicyclic amines) is 1. The molecule has 0 saturated carbocycles. The van der Waals surface area contributed by atoms with Gasteiger partial charge in [-0.25, -0.2) is 0 Å². The van der Waals surface area contributed by atoms with Crippen LogP contribution in [0.25, 0.3) is 0 Å². The lowest BCUT2D eigenvalue weighted by Crippen LogP contribution is -2.38. The van der Waals surface area contributed by atoms with E-state index in [9.17, 15) is 13.2 Å². The average molecular weight is 318 g/mol. The zero-order chi connectivity index (χ0) is 15.3. The van der Waals surface area contributed by atoms with E-state index in [-0.39, 0.29) is 16.7 Å². The molecule has 1 aliphatic rings. The Morgan fingerprint density at radius 2 is 2.00 bits per heavy atom. The van der Waals surface area contributed by atoms with Gasteiger partial charge in [0, 0.05) is 18.0 Å². The van der Waals surface area contributed by atoms with Crippen LogP contribution < -0.4 is 5.32 Å². The van der Waals surface area contributed by atoms with Crippen molar-refractivity contribution in [1.82, 2.24) is 10.2 Å². The fourth-order valence-corrected chi connectivity index (χ4v) is 3.34. The third kappa shape index (κ3) is 5.88. The van der Waals surface area contributed by atoms with E-state index in [1.54, 1.807) is 24.3 Å². The van der Waals surface area contributed by atoms with Crippen LogP contribution in [0.2, 0.25) is 0 Å². The van der Waals surface area contributed by atoms with Crippen molar-refractivity contribution >= 4 is 11.8 Å². The lowest BCUT2D eigenvalue weighted by atomic mass is 9.97. The van der Waals surface area contributed by atoms with Gasteiger partial charge in [0.25, 0.3) is 0 Å².